The molecular weight excluding hydrogens is 478 g/mol. The lowest BCUT2D eigenvalue weighted by molar-refractivity contribution is -0.138. The number of carbonyl (C=O) groups excluding carboxylic acids is 3. The summed E-state index contributed by atoms with van der Waals surface area (Å²) in [6, 6.07) is 25.2. The lowest BCUT2D eigenvalue weighted by atomic mass is 9.84. The van der Waals surface area contributed by atoms with Crippen LogP contribution in [0.3, 0.4) is 0 Å². The number of phenolic OH excluding ortho intramolecular Hbond substituents is 1. The van der Waals surface area contributed by atoms with Gasteiger partial charge < -0.3 is 20.2 Å². The van der Waals surface area contributed by atoms with E-state index in [0.29, 0.717) is 44.7 Å². The molecule has 2 aliphatic heterocycles. The fourth-order valence-electron chi connectivity index (χ4n) is 5.50. The molecule has 1 fully saturated rings. The molecule has 1 saturated heterocycles. The van der Waals surface area contributed by atoms with Gasteiger partial charge in [-0.05, 0) is 41.7 Å². The molecule has 0 aromatic heterocycles. The molecular formula is C31H33N3O4. The predicted molar refractivity (Wildman–Crippen MR) is 145 cm³/mol. The topological polar surface area (TPSA) is 90.0 Å². The van der Waals surface area contributed by atoms with Crippen molar-refractivity contribution in [3.63, 3.8) is 0 Å². The third-order valence-corrected chi connectivity index (χ3v) is 7.68. The van der Waals surface area contributed by atoms with Crippen LogP contribution in [-0.4, -0.2) is 52.3 Å². The number of likely N-dealkylation sites (tertiary alicyclic amines) is 1. The molecule has 0 spiro atoms. The second kappa shape index (κ2) is 11.5. The number of hydrogen-bond donors (Lipinski definition) is 2. The van der Waals surface area contributed by atoms with Gasteiger partial charge in [0.15, 0.2) is 0 Å². The van der Waals surface area contributed by atoms with Gasteiger partial charge in [0, 0.05) is 50.9 Å². The Bertz CT molecular complexity index is 1300. The number of phenols is 1. The Morgan fingerprint density at radius 1 is 0.789 bits per heavy atom. The van der Waals surface area contributed by atoms with E-state index in [-0.39, 0.29) is 48.1 Å². The van der Waals surface area contributed by atoms with Crippen LogP contribution in [0.25, 0.3) is 0 Å². The van der Waals surface area contributed by atoms with Crippen molar-refractivity contribution in [1.29, 1.82) is 0 Å². The fraction of sp³-hybridized carbons (Fsp3) is 0.323. The van der Waals surface area contributed by atoms with Crippen LogP contribution < -0.4 is 5.32 Å². The Labute approximate surface area is 223 Å². The minimum absolute atomic E-state index is 0.00860. The number of benzene rings is 3. The number of carbonyl (C=O) groups is 3. The lowest BCUT2D eigenvalue weighted by Crippen LogP contribution is -2.42. The van der Waals surface area contributed by atoms with E-state index in [0.717, 1.165) is 5.56 Å². The summed E-state index contributed by atoms with van der Waals surface area (Å²) in [6.45, 7) is 2.13. The molecule has 5 rings (SSSR count). The average Bonchev–Trinajstić information content (AvgIpc) is 2.96. The number of anilines is 1. The molecule has 2 heterocycles. The molecule has 0 aliphatic carbocycles. The zero-order valence-corrected chi connectivity index (χ0v) is 21.4. The number of para-hydroxylation sites is 2. The SMILES string of the molecule is O=C(Nc1ccccc1O)C1CCN(C(=O)CCC(=O)N2Cc3ccccc3C(c3ccccc3)C2)CC1. The van der Waals surface area contributed by atoms with Crippen molar-refractivity contribution in [2.75, 3.05) is 25.0 Å². The van der Waals surface area contributed by atoms with E-state index < -0.39 is 0 Å². The van der Waals surface area contributed by atoms with E-state index in [4.69, 9.17) is 0 Å². The highest BCUT2D eigenvalue weighted by Crippen LogP contribution is 2.34. The first-order valence-corrected chi connectivity index (χ1v) is 13.3. The van der Waals surface area contributed by atoms with E-state index in [1.807, 2.05) is 35.2 Å². The number of rotatable bonds is 6. The van der Waals surface area contributed by atoms with Crippen LogP contribution in [0.5, 0.6) is 5.75 Å². The van der Waals surface area contributed by atoms with Gasteiger partial charge in [-0.25, -0.2) is 0 Å². The first kappa shape index (κ1) is 25.5. The number of piperidine rings is 1. The fourth-order valence-corrected chi connectivity index (χ4v) is 5.50. The second-order valence-electron chi connectivity index (χ2n) is 10.1. The van der Waals surface area contributed by atoms with Crippen LogP contribution in [0.4, 0.5) is 5.69 Å². The maximum atomic E-state index is 13.2. The van der Waals surface area contributed by atoms with Crippen LogP contribution in [-0.2, 0) is 20.9 Å². The van der Waals surface area contributed by atoms with Gasteiger partial charge >= 0.3 is 0 Å². The predicted octanol–water partition coefficient (Wildman–Crippen LogP) is 4.52. The van der Waals surface area contributed by atoms with Crippen LogP contribution >= 0.6 is 0 Å². The molecule has 38 heavy (non-hydrogen) atoms. The third kappa shape index (κ3) is 5.72. The zero-order chi connectivity index (χ0) is 26.5. The normalized spacial score (nSPS) is 17.5. The van der Waals surface area contributed by atoms with Gasteiger partial charge in [-0.15, -0.1) is 0 Å². The Morgan fingerprint density at radius 2 is 1.42 bits per heavy atom. The summed E-state index contributed by atoms with van der Waals surface area (Å²) in [5.41, 5.74) is 3.98. The summed E-state index contributed by atoms with van der Waals surface area (Å²) in [5, 5.41) is 12.7. The number of aromatic hydroxyl groups is 1. The molecule has 1 unspecified atom stereocenters. The lowest BCUT2D eigenvalue weighted by Gasteiger charge is -2.35. The molecule has 1 atom stereocenters. The summed E-state index contributed by atoms with van der Waals surface area (Å²) in [5.74, 6) is -0.273. The van der Waals surface area contributed by atoms with Gasteiger partial charge in [0.25, 0.3) is 0 Å². The maximum Gasteiger partial charge on any atom is 0.227 e. The highest BCUT2D eigenvalue weighted by Gasteiger charge is 2.31. The average molecular weight is 512 g/mol. The Hall–Kier alpha value is -4.13. The van der Waals surface area contributed by atoms with Crippen molar-refractivity contribution >= 4 is 23.4 Å². The van der Waals surface area contributed by atoms with Crippen molar-refractivity contribution in [2.45, 2.75) is 38.1 Å². The quantitative estimate of drug-likeness (QED) is 0.476. The van der Waals surface area contributed by atoms with E-state index in [1.54, 1.807) is 23.1 Å². The van der Waals surface area contributed by atoms with Crippen LogP contribution in [0, 0.1) is 5.92 Å². The third-order valence-electron chi connectivity index (χ3n) is 7.68. The molecule has 2 aliphatic rings. The summed E-state index contributed by atoms with van der Waals surface area (Å²) in [4.78, 5) is 42.4. The highest BCUT2D eigenvalue weighted by atomic mass is 16.3. The second-order valence-corrected chi connectivity index (χ2v) is 10.1. The van der Waals surface area contributed by atoms with Crippen LogP contribution in [0.2, 0.25) is 0 Å². The Balaban J connectivity index is 1.13. The largest absolute Gasteiger partial charge is 0.506 e. The van der Waals surface area contributed by atoms with Crippen molar-refractivity contribution in [3.05, 3.63) is 95.6 Å². The molecule has 7 heteroatoms. The van der Waals surface area contributed by atoms with Crippen molar-refractivity contribution < 1.29 is 19.5 Å². The molecule has 0 saturated carbocycles. The van der Waals surface area contributed by atoms with Crippen molar-refractivity contribution in [1.82, 2.24) is 9.80 Å². The van der Waals surface area contributed by atoms with Crippen molar-refractivity contribution in [2.24, 2.45) is 5.92 Å². The standard InChI is InChI=1S/C31H33N3O4/c35-28-13-7-6-12-27(28)32-31(38)23-16-18-33(19-17-23)29(36)14-15-30(37)34-20-24-10-4-5-11-25(24)26(21-34)22-8-2-1-3-9-22/h1-13,23,26,35H,14-21H2,(H,32,38). The van der Waals surface area contributed by atoms with Gasteiger partial charge in [0.2, 0.25) is 17.7 Å². The van der Waals surface area contributed by atoms with Gasteiger partial charge in [0.05, 0.1) is 5.69 Å². The molecule has 196 valence electrons. The van der Waals surface area contributed by atoms with Gasteiger partial charge in [-0.3, -0.25) is 14.4 Å². The van der Waals surface area contributed by atoms with E-state index in [2.05, 4.69) is 29.6 Å². The summed E-state index contributed by atoms with van der Waals surface area (Å²) < 4.78 is 0. The first-order valence-electron chi connectivity index (χ1n) is 13.3. The number of nitrogens with zero attached hydrogens (tertiary/aromatic N) is 2. The van der Waals surface area contributed by atoms with Crippen LogP contribution in [0.15, 0.2) is 78.9 Å². The zero-order valence-electron chi connectivity index (χ0n) is 21.4. The minimum atomic E-state index is -0.219. The molecule has 2 N–H and O–H groups in total. The summed E-state index contributed by atoms with van der Waals surface area (Å²) in [7, 11) is 0. The van der Waals surface area contributed by atoms with Crippen LogP contribution in [0.1, 0.15) is 48.3 Å². The summed E-state index contributed by atoms with van der Waals surface area (Å²) in [6.07, 6.45) is 1.46. The summed E-state index contributed by atoms with van der Waals surface area (Å²) >= 11 is 0. The number of hydrogen-bond acceptors (Lipinski definition) is 4. The molecule has 3 amide bonds. The first-order chi connectivity index (χ1) is 18.5. The molecule has 0 bridgehead atoms. The van der Waals surface area contributed by atoms with E-state index in [9.17, 15) is 19.5 Å². The van der Waals surface area contributed by atoms with Gasteiger partial charge in [-0.2, -0.15) is 0 Å². The van der Waals surface area contributed by atoms with Gasteiger partial charge in [-0.1, -0.05) is 66.7 Å². The Kier molecular flexibility index (Phi) is 7.73. The molecule has 0 radical (unpaired) electrons. The van der Waals surface area contributed by atoms with Gasteiger partial charge in [0.1, 0.15) is 5.75 Å². The number of amides is 3. The Morgan fingerprint density at radius 3 is 2.16 bits per heavy atom. The highest BCUT2D eigenvalue weighted by molar-refractivity contribution is 5.94. The smallest absolute Gasteiger partial charge is 0.227 e. The molecule has 7 nitrogen and oxygen atoms in total. The minimum Gasteiger partial charge on any atom is -0.506 e. The van der Waals surface area contributed by atoms with Crippen molar-refractivity contribution in [3.8, 4) is 5.75 Å². The molecule has 3 aromatic rings. The maximum absolute atomic E-state index is 13.2. The monoisotopic (exact) mass is 511 g/mol. The van der Waals surface area contributed by atoms with E-state index >= 15 is 0 Å². The van der Waals surface area contributed by atoms with E-state index in [1.165, 1.54) is 17.2 Å². The molecule has 3 aromatic carbocycles. The number of fused-ring (bicyclic) bond motifs is 1. The number of nitrogens with one attached hydrogen (secondary N) is 1.